The van der Waals surface area contributed by atoms with Crippen LogP contribution >= 0.6 is 0 Å². The maximum Gasteiger partial charge on any atom is 0.245 e. The third kappa shape index (κ3) is 4.04. The zero-order chi connectivity index (χ0) is 12.8. The van der Waals surface area contributed by atoms with E-state index in [0.29, 0.717) is 0 Å². The Bertz CT molecular complexity index is 516. The van der Waals surface area contributed by atoms with Gasteiger partial charge in [-0.2, -0.15) is 4.79 Å². The van der Waals surface area contributed by atoms with E-state index in [-0.39, 0.29) is 16.3 Å². The van der Waals surface area contributed by atoms with Crippen molar-refractivity contribution in [1.82, 2.24) is 0 Å². The minimum absolute atomic E-state index is 0.0995. The minimum Gasteiger partial charge on any atom is -0.384 e. The van der Waals surface area contributed by atoms with Gasteiger partial charge in [-0.15, -0.1) is 0 Å². The molecule has 0 aliphatic rings. The number of nitrogen functional groups attached to an aromatic ring is 1. The third-order valence-corrected chi connectivity index (χ3v) is 2.73. The van der Waals surface area contributed by atoms with E-state index >= 15 is 0 Å². The van der Waals surface area contributed by atoms with E-state index in [2.05, 4.69) is 11.5 Å². The maximum atomic E-state index is 11.2. The van der Waals surface area contributed by atoms with Gasteiger partial charge in [0.2, 0.25) is 6.72 Å². The van der Waals surface area contributed by atoms with Gasteiger partial charge < -0.3 is 11.3 Å². The topological polar surface area (TPSA) is 120 Å². The monoisotopic (exact) mass is 240 g/mol. The lowest BCUT2D eigenvalue weighted by Crippen LogP contribution is -2.15. The SMILES string of the molecule is C=[N+]=[N-].CS(=O)(=O)c1ccccc1C(=N)N. The quantitative estimate of drug-likeness (QED) is 0.334. The zero-order valence-corrected chi connectivity index (χ0v) is 9.53. The minimum atomic E-state index is -3.30. The van der Waals surface area contributed by atoms with Crippen molar-refractivity contribution in [2.75, 3.05) is 6.26 Å². The first-order valence-electron chi connectivity index (χ1n) is 4.08. The van der Waals surface area contributed by atoms with Crippen LogP contribution in [0.4, 0.5) is 0 Å². The summed E-state index contributed by atoms with van der Waals surface area (Å²) in [5, 5.41) is 7.17. The molecular formula is C9H12N4O2S. The Balaban J connectivity index is 0.000000673. The Morgan fingerprint density at radius 2 is 1.94 bits per heavy atom. The Hall–Kier alpha value is -1.98. The van der Waals surface area contributed by atoms with Crippen LogP contribution in [0.1, 0.15) is 5.56 Å². The highest BCUT2D eigenvalue weighted by Gasteiger charge is 2.13. The molecule has 1 aromatic carbocycles. The van der Waals surface area contributed by atoms with E-state index in [1.807, 2.05) is 0 Å². The molecule has 0 spiro atoms. The first-order chi connectivity index (χ1) is 7.34. The van der Waals surface area contributed by atoms with Gasteiger partial charge in [0, 0.05) is 11.8 Å². The van der Waals surface area contributed by atoms with Gasteiger partial charge in [-0.1, -0.05) is 12.1 Å². The van der Waals surface area contributed by atoms with Gasteiger partial charge >= 0.3 is 0 Å². The van der Waals surface area contributed by atoms with Crippen molar-refractivity contribution in [3.05, 3.63) is 35.4 Å². The fraction of sp³-hybridized carbons (Fsp3) is 0.111. The number of amidine groups is 1. The van der Waals surface area contributed by atoms with Crippen molar-refractivity contribution in [2.24, 2.45) is 5.73 Å². The summed E-state index contributed by atoms with van der Waals surface area (Å²) in [6.07, 6.45) is 1.09. The molecular weight excluding hydrogens is 228 g/mol. The molecule has 3 N–H and O–H groups in total. The molecule has 0 saturated heterocycles. The molecule has 7 heteroatoms. The molecule has 0 radical (unpaired) electrons. The lowest BCUT2D eigenvalue weighted by molar-refractivity contribution is 0.0110. The summed E-state index contributed by atoms with van der Waals surface area (Å²) in [5.74, 6) is -0.235. The van der Waals surface area contributed by atoms with E-state index < -0.39 is 9.84 Å². The van der Waals surface area contributed by atoms with Crippen molar-refractivity contribution in [3.63, 3.8) is 0 Å². The highest BCUT2D eigenvalue weighted by atomic mass is 32.2. The maximum absolute atomic E-state index is 11.2. The van der Waals surface area contributed by atoms with E-state index in [4.69, 9.17) is 16.7 Å². The van der Waals surface area contributed by atoms with Crippen molar-refractivity contribution in [3.8, 4) is 0 Å². The van der Waals surface area contributed by atoms with Gasteiger partial charge in [0.25, 0.3) is 0 Å². The Morgan fingerprint density at radius 1 is 1.50 bits per heavy atom. The van der Waals surface area contributed by atoms with Crippen LogP contribution in [0.15, 0.2) is 29.2 Å². The van der Waals surface area contributed by atoms with Crippen molar-refractivity contribution >= 4 is 22.4 Å². The predicted octanol–water partition coefficient (Wildman–Crippen LogP) is 0.291. The summed E-state index contributed by atoms with van der Waals surface area (Å²) < 4.78 is 22.4. The van der Waals surface area contributed by atoms with Gasteiger partial charge in [-0.25, -0.2) is 8.42 Å². The van der Waals surface area contributed by atoms with Crippen LogP contribution in [-0.4, -0.2) is 32.0 Å². The molecule has 0 saturated carbocycles. The summed E-state index contributed by atoms with van der Waals surface area (Å²) in [7, 11) is -3.30. The summed E-state index contributed by atoms with van der Waals surface area (Å²) >= 11 is 0. The van der Waals surface area contributed by atoms with Gasteiger partial charge in [0.1, 0.15) is 5.84 Å². The second-order valence-electron chi connectivity index (χ2n) is 2.82. The van der Waals surface area contributed by atoms with Gasteiger partial charge in [-0.3, -0.25) is 5.41 Å². The fourth-order valence-corrected chi connectivity index (χ4v) is 1.92. The van der Waals surface area contributed by atoms with Crippen LogP contribution in [0.2, 0.25) is 0 Å². The molecule has 0 aromatic heterocycles. The van der Waals surface area contributed by atoms with Crippen LogP contribution in [0, 0.1) is 5.41 Å². The summed E-state index contributed by atoms with van der Waals surface area (Å²) in [6.45, 7) is 2.67. The van der Waals surface area contributed by atoms with Gasteiger partial charge in [0.05, 0.1) is 4.90 Å². The Kier molecular flexibility index (Phi) is 5.08. The molecule has 0 amide bonds. The van der Waals surface area contributed by atoms with Crippen molar-refractivity contribution in [2.45, 2.75) is 4.90 Å². The van der Waals surface area contributed by atoms with Crippen LogP contribution in [0.5, 0.6) is 0 Å². The molecule has 1 aromatic rings. The number of hydrogen-bond donors (Lipinski definition) is 2. The highest BCUT2D eigenvalue weighted by molar-refractivity contribution is 7.90. The normalized spacial score (nSPS) is 9.56. The lowest BCUT2D eigenvalue weighted by atomic mass is 10.2. The third-order valence-electron chi connectivity index (χ3n) is 1.58. The molecule has 1 rings (SSSR count). The molecule has 6 nitrogen and oxygen atoms in total. The molecule has 86 valence electrons. The molecule has 0 bridgehead atoms. The summed E-state index contributed by atoms with van der Waals surface area (Å²) in [5.41, 5.74) is 12.6. The largest absolute Gasteiger partial charge is 0.384 e. The number of benzene rings is 1. The summed E-state index contributed by atoms with van der Waals surface area (Å²) in [4.78, 5) is 2.35. The fourth-order valence-electron chi connectivity index (χ4n) is 1.01. The Morgan fingerprint density at radius 3 is 2.25 bits per heavy atom. The first-order valence-corrected chi connectivity index (χ1v) is 5.97. The molecule has 0 fully saturated rings. The molecule has 0 aliphatic carbocycles. The molecule has 0 aliphatic heterocycles. The predicted molar refractivity (Wildman–Crippen MR) is 61.3 cm³/mol. The lowest BCUT2D eigenvalue weighted by Gasteiger charge is -2.04. The average Bonchev–Trinajstić information content (AvgIpc) is 2.17. The Labute approximate surface area is 93.8 Å². The standard InChI is InChI=1S/C8H10N2O2S.CH2N2/c1-13(11,12)7-5-3-2-4-6(7)8(9)10;1-3-2/h2-5H,1H3,(H3,9,10);1H2. The van der Waals surface area contributed by atoms with Crippen molar-refractivity contribution < 1.29 is 13.2 Å². The second kappa shape index (κ2) is 5.79. The van der Waals surface area contributed by atoms with Crippen LogP contribution in [0.25, 0.3) is 5.53 Å². The van der Waals surface area contributed by atoms with Crippen LogP contribution < -0.4 is 5.73 Å². The number of nitrogens with two attached hydrogens (primary N) is 1. The number of nitrogens with zero attached hydrogens (tertiary/aromatic N) is 2. The molecule has 0 unspecified atom stereocenters. The number of rotatable bonds is 2. The van der Waals surface area contributed by atoms with E-state index in [1.54, 1.807) is 12.1 Å². The number of nitrogens with one attached hydrogen (secondary N) is 1. The molecule has 16 heavy (non-hydrogen) atoms. The van der Waals surface area contributed by atoms with E-state index in [9.17, 15) is 8.42 Å². The zero-order valence-electron chi connectivity index (χ0n) is 8.71. The van der Waals surface area contributed by atoms with Crippen molar-refractivity contribution in [1.29, 1.82) is 5.41 Å². The van der Waals surface area contributed by atoms with Crippen LogP contribution in [-0.2, 0) is 9.84 Å². The van der Waals surface area contributed by atoms with E-state index in [0.717, 1.165) is 6.26 Å². The first kappa shape index (κ1) is 14.0. The van der Waals surface area contributed by atoms with E-state index in [1.165, 1.54) is 12.1 Å². The molecule has 0 heterocycles. The smallest absolute Gasteiger partial charge is 0.245 e. The number of sulfone groups is 1. The summed E-state index contributed by atoms with van der Waals surface area (Å²) in [6, 6.07) is 6.19. The highest BCUT2D eigenvalue weighted by Crippen LogP contribution is 2.13. The van der Waals surface area contributed by atoms with Crippen LogP contribution in [0.3, 0.4) is 0 Å². The molecule has 0 atom stereocenters. The second-order valence-corrected chi connectivity index (χ2v) is 4.81. The average molecular weight is 240 g/mol. The van der Waals surface area contributed by atoms with Gasteiger partial charge in [-0.05, 0) is 12.1 Å². The van der Waals surface area contributed by atoms with Gasteiger partial charge in [0.15, 0.2) is 9.84 Å². The number of hydrogen-bond acceptors (Lipinski definition) is 3.